The van der Waals surface area contributed by atoms with Crippen molar-refractivity contribution in [2.45, 2.75) is 60.8 Å². The van der Waals surface area contributed by atoms with Crippen LogP contribution in [-0.4, -0.2) is 0 Å². The van der Waals surface area contributed by atoms with E-state index in [2.05, 4.69) is 41.5 Å². The summed E-state index contributed by atoms with van der Waals surface area (Å²) >= 11 is 0. The second-order valence-corrected chi connectivity index (χ2v) is 8.10. The molecule has 0 N–H and O–H groups in total. The molecule has 0 spiro atoms. The zero-order valence-electron chi connectivity index (χ0n) is 11.4. The molecule has 2 fully saturated rings. The lowest BCUT2D eigenvalue weighted by Gasteiger charge is -2.33. The molecule has 0 bridgehead atoms. The van der Waals surface area contributed by atoms with Gasteiger partial charge in [-0.3, -0.25) is 0 Å². The van der Waals surface area contributed by atoms with Gasteiger partial charge in [0.2, 0.25) is 0 Å². The van der Waals surface area contributed by atoms with E-state index in [-0.39, 0.29) is 0 Å². The largest absolute Gasteiger partial charge is 0.0599 e. The molecule has 0 amide bonds. The summed E-state index contributed by atoms with van der Waals surface area (Å²) in [5.41, 5.74) is 1.10. The monoisotopic (exact) mass is 208 g/mol. The Morgan fingerprint density at radius 2 is 1.33 bits per heavy atom. The van der Waals surface area contributed by atoms with E-state index in [9.17, 15) is 0 Å². The summed E-state index contributed by atoms with van der Waals surface area (Å²) < 4.78 is 0. The van der Waals surface area contributed by atoms with Gasteiger partial charge in [-0.25, -0.2) is 0 Å². The van der Waals surface area contributed by atoms with E-state index in [4.69, 9.17) is 0 Å². The van der Waals surface area contributed by atoms with Crippen molar-refractivity contribution in [2.75, 3.05) is 0 Å². The lowest BCUT2D eigenvalue weighted by atomic mass is 9.72. The van der Waals surface area contributed by atoms with E-state index < -0.39 is 0 Å². The molecule has 2 saturated carbocycles. The molecule has 88 valence electrons. The van der Waals surface area contributed by atoms with Gasteiger partial charge in [-0.15, -0.1) is 0 Å². The molecule has 0 aromatic carbocycles. The smallest absolute Gasteiger partial charge is 0.0303 e. The summed E-state index contributed by atoms with van der Waals surface area (Å²) in [5, 5.41) is 0. The Kier molecular flexibility index (Phi) is 2.48. The van der Waals surface area contributed by atoms with Crippen LogP contribution in [0.25, 0.3) is 0 Å². The Balaban J connectivity index is 1.99. The van der Waals surface area contributed by atoms with Gasteiger partial charge < -0.3 is 0 Å². The molecule has 0 heteroatoms. The minimum absolute atomic E-state index is 0.538. The summed E-state index contributed by atoms with van der Waals surface area (Å²) in [6.07, 6.45) is 4.50. The average Bonchev–Trinajstić information content (AvgIpc) is 2.72. The van der Waals surface area contributed by atoms with Crippen molar-refractivity contribution in [3.63, 3.8) is 0 Å². The fraction of sp³-hybridized carbons (Fsp3) is 1.00. The third kappa shape index (κ3) is 2.10. The second-order valence-electron chi connectivity index (χ2n) is 8.10. The first-order chi connectivity index (χ1) is 6.71. The highest BCUT2D eigenvalue weighted by Gasteiger charge is 2.57. The van der Waals surface area contributed by atoms with Crippen LogP contribution in [0.2, 0.25) is 0 Å². The van der Waals surface area contributed by atoms with Crippen molar-refractivity contribution in [3.8, 4) is 0 Å². The summed E-state index contributed by atoms with van der Waals surface area (Å²) in [5.74, 6) is 4.17. The Bertz CT molecular complexity index is 226. The molecule has 2 aliphatic carbocycles. The zero-order chi connectivity index (χ0) is 11.4. The van der Waals surface area contributed by atoms with Crippen LogP contribution in [-0.2, 0) is 0 Å². The molecule has 0 radical (unpaired) electrons. The van der Waals surface area contributed by atoms with E-state index >= 15 is 0 Å². The van der Waals surface area contributed by atoms with Gasteiger partial charge >= 0.3 is 0 Å². The lowest BCUT2D eigenvalue weighted by Crippen LogP contribution is -2.23. The molecular formula is C15H28. The van der Waals surface area contributed by atoms with Crippen LogP contribution >= 0.6 is 0 Å². The van der Waals surface area contributed by atoms with E-state index in [0.717, 1.165) is 23.7 Å². The lowest BCUT2D eigenvalue weighted by molar-refractivity contribution is 0.172. The fourth-order valence-electron chi connectivity index (χ4n) is 4.07. The summed E-state index contributed by atoms with van der Waals surface area (Å²) in [7, 11) is 0. The number of rotatable bonds is 0. The van der Waals surface area contributed by atoms with E-state index in [1.165, 1.54) is 19.3 Å². The first-order valence-corrected chi connectivity index (χ1v) is 6.71. The van der Waals surface area contributed by atoms with Crippen LogP contribution < -0.4 is 0 Å². The standard InChI is InChI=1S/C15H28/c1-14(2,3)10-7-8-11-12(9-10)13(11)15(4,5)6/h10-13H,7-9H2,1-6H3. The maximum absolute atomic E-state index is 2.43. The molecule has 0 aromatic heterocycles. The third-order valence-corrected chi connectivity index (χ3v) is 4.96. The average molecular weight is 208 g/mol. The summed E-state index contributed by atoms with van der Waals surface area (Å²) in [4.78, 5) is 0. The Hall–Kier alpha value is 0. The number of fused-ring (bicyclic) bond motifs is 1. The Labute approximate surface area is 95.8 Å². The maximum Gasteiger partial charge on any atom is -0.0303 e. The van der Waals surface area contributed by atoms with E-state index in [0.29, 0.717) is 10.8 Å². The Morgan fingerprint density at radius 1 is 0.733 bits per heavy atom. The molecule has 0 nitrogen and oxygen atoms in total. The summed E-state index contributed by atoms with van der Waals surface area (Å²) in [6.45, 7) is 14.6. The molecule has 4 unspecified atom stereocenters. The maximum atomic E-state index is 2.43. The minimum Gasteiger partial charge on any atom is -0.0599 e. The van der Waals surface area contributed by atoms with Crippen LogP contribution in [0.3, 0.4) is 0 Å². The van der Waals surface area contributed by atoms with Crippen LogP contribution in [0.4, 0.5) is 0 Å². The van der Waals surface area contributed by atoms with Gasteiger partial charge in [0, 0.05) is 0 Å². The molecule has 0 aliphatic heterocycles. The molecule has 0 aromatic rings. The van der Waals surface area contributed by atoms with Crippen molar-refractivity contribution < 1.29 is 0 Å². The Morgan fingerprint density at radius 3 is 1.80 bits per heavy atom. The van der Waals surface area contributed by atoms with E-state index in [1.807, 2.05) is 0 Å². The third-order valence-electron chi connectivity index (χ3n) is 4.96. The van der Waals surface area contributed by atoms with E-state index in [1.54, 1.807) is 0 Å². The molecule has 0 heterocycles. The van der Waals surface area contributed by atoms with Crippen molar-refractivity contribution in [1.82, 2.24) is 0 Å². The van der Waals surface area contributed by atoms with Crippen LogP contribution in [0.15, 0.2) is 0 Å². The molecule has 2 aliphatic rings. The number of hydrogen-bond donors (Lipinski definition) is 0. The predicted octanol–water partition coefficient (Wildman–Crippen LogP) is 4.74. The van der Waals surface area contributed by atoms with Gasteiger partial charge in [-0.2, -0.15) is 0 Å². The molecule has 0 saturated heterocycles. The van der Waals surface area contributed by atoms with Crippen molar-refractivity contribution in [3.05, 3.63) is 0 Å². The normalized spacial score (nSPS) is 41.2. The predicted molar refractivity (Wildman–Crippen MR) is 66.7 cm³/mol. The molecule has 15 heavy (non-hydrogen) atoms. The minimum atomic E-state index is 0.538. The van der Waals surface area contributed by atoms with Gasteiger partial charge in [0.15, 0.2) is 0 Å². The quantitative estimate of drug-likeness (QED) is 0.539. The first-order valence-electron chi connectivity index (χ1n) is 6.71. The van der Waals surface area contributed by atoms with Crippen LogP contribution in [0.1, 0.15) is 60.8 Å². The van der Waals surface area contributed by atoms with Crippen molar-refractivity contribution >= 4 is 0 Å². The van der Waals surface area contributed by atoms with Gasteiger partial charge in [0.25, 0.3) is 0 Å². The van der Waals surface area contributed by atoms with Crippen LogP contribution in [0, 0.1) is 34.5 Å². The first kappa shape index (κ1) is 11.5. The zero-order valence-corrected chi connectivity index (χ0v) is 11.4. The fourth-order valence-corrected chi connectivity index (χ4v) is 4.07. The second kappa shape index (κ2) is 3.25. The molecule has 4 atom stereocenters. The van der Waals surface area contributed by atoms with Gasteiger partial charge in [0.1, 0.15) is 0 Å². The summed E-state index contributed by atoms with van der Waals surface area (Å²) in [6, 6.07) is 0. The van der Waals surface area contributed by atoms with Crippen molar-refractivity contribution in [1.29, 1.82) is 0 Å². The highest BCUT2D eigenvalue weighted by atomic mass is 14.6. The highest BCUT2D eigenvalue weighted by Crippen LogP contribution is 2.64. The number of hydrogen-bond acceptors (Lipinski definition) is 0. The molecular weight excluding hydrogens is 180 g/mol. The van der Waals surface area contributed by atoms with Gasteiger partial charge in [0.05, 0.1) is 0 Å². The van der Waals surface area contributed by atoms with Crippen LogP contribution in [0.5, 0.6) is 0 Å². The highest BCUT2D eigenvalue weighted by molar-refractivity contribution is 5.06. The topological polar surface area (TPSA) is 0 Å². The van der Waals surface area contributed by atoms with Gasteiger partial charge in [-0.1, -0.05) is 41.5 Å². The van der Waals surface area contributed by atoms with Gasteiger partial charge in [-0.05, 0) is 53.8 Å². The SMILES string of the molecule is CC(C)(C)C1CCC2C(C1)C2C(C)(C)C. The molecule has 2 rings (SSSR count). The van der Waals surface area contributed by atoms with Crippen molar-refractivity contribution in [2.24, 2.45) is 34.5 Å².